The molecule has 152 valence electrons. The van der Waals surface area contributed by atoms with Crippen LogP contribution in [0.3, 0.4) is 0 Å². The molecule has 8 heteroatoms. The second-order valence-electron chi connectivity index (χ2n) is 7.07. The van der Waals surface area contributed by atoms with Crippen LogP contribution in [0.4, 0.5) is 0 Å². The van der Waals surface area contributed by atoms with Gasteiger partial charge in [0.05, 0.1) is 11.3 Å². The van der Waals surface area contributed by atoms with Gasteiger partial charge in [-0.15, -0.1) is 0 Å². The lowest BCUT2D eigenvalue weighted by molar-refractivity contribution is -0.145. The smallest absolute Gasteiger partial charge is 0.323 e. The molecule has 3 rings (SSSR count). The lowest BCUT2D eigenvalue weighted by atomic mass is 10.1. The van der Waals surface area contributed by atoms with Crippen LogP contribution in [0.15, 0.2) is 42.9 Å². The molecule has 2 heterocycles. The fourth-order valence-corrected chi connectivity index (χ4v) is 3.72. The number of rotatable bonds is 5. The van der Waals surface area contributed by atoms with Gasteiger partial charge in [0.15, 0.2) is 0 Å². The van der Waals surface area contributed by atoms with Crippen LogP contribution in [0.1, 0.15) is 36.5 Å². The van der Waals surface area contributed by atoms with Crippen molar-refractivity contribution in [3.8, 4) is 11.3 Å². The number of aromatic nitrogens is 2. The van der Waals surface area contributed by atoms with E-state index < -0.39 is 5.97 Å². The van der Waals surface area contributed by atoms with Gasteiger partial charge in [0, 0.05) is 37.8 Å². The zero-order valence-electron chi connectivity index (χ0n) is 16.3. The lowest BCUT2D eigenvalue weighted by Gasteiger charge is -2.29. The molecule has 1 unspecified atom stereocenters. The van der Waals surface area contributed by atoms with Crippen LogP contribution in [0.2, 0.25) is 0 Å². The number of carboxylic acids is 1. The van der Waals surface area contributed by atoms with E-state index in [2.05, 4.69) is 9.97 Å². The maximum Gasteiger partial charge on any atom is 0.323 e. The van der Waals surface area contributed by atoms with Crippen molar-refractivity contribution in [1.82, 2.24) is 19.8 Å². The van der Waals surface area contributed by atoms with Crippen molar-refractivity contribution in [3.05, 3.63) is 48.4 Å². The summed E-state index contributed by atoms with van der Waals surface area (Å²) >= 11 is 0. The Kier molecular flexibility index (Phi) is 6.54. The van der Waals surface area contributed by atoms with E-state index in [4.69, 9.17) is 5.11 Å². The van der Waals surface area contributed by atoms with Gasteiger partial charge < -0.3 is 14.9 Å². The zero-order valence-corrected chi connectivity index (χ0v) is 16.3. The number of hydrogen-bond acceptors (Lipinski definition) is 5. The Morgan fingerprint density at radius 1 is 1.17 bits per heavy atom. The minimum absolute atomic E-state index is 0.155. The van der Waals surface area contributed by atoms with Gasteiger partial charge in [-0.3, -0.25) is 14.4 Å². The van der Waals surface area contributed by atoms with Crippen molar-refractivity contribution < 1.29 is 19.5 Å². The van der Waals surface area contributed by atoms with Crippen LogP contribution >= 0.6 is 0 Å². The van der Waals surface area contributed by atoms with Crippen LogP contribution < -0.4 is 0 Å². The summed E-state index contributed by atoms with van der Waals surface area (Å²) in [5.41, 5.74) is 1.86. The average Bonchev–Trinajstić information content (AvgIpc) is 2.98. The molecule has 0 radical (unpaired) electrons. The quantitative estimate of drug-likeness (QED) is 0.830. The van der Waals surface area contributed by atoms with Crippen LogP contribution in [-0.4, -0.2) is 68.3 Å². The van der Waals surface area contributed by atoms with Gasteiger partial charge in [0.25, 0.3) is 5.91 Å². The molecule has 1 atom stereocenters. The van der Waals surface area contributed by atoms with Crippen molar-refractivity contribution in [1.29, 1.82) is 0 Å². The highest BCUT2D eigenvalue weighted by Crippen LogP contribution is 2.24. The predicted molar refractivity (Wildman–Crippen MR) is 106 cm³/mol. The molecular weight excluding hydrogens is 372 g/mol. The summed E-state index contributed by atoms with van der Waals surface area (Å²) < 4.78 is 0. The summed E-state index contributed by atoms with van der Waals surface area (Å²) in [4.78, 5) is 47.7. The highest BCUT2D eigenvalue weighted by Gasteiger charge is 2.29. The maximum absolute atomic E-state index is 13.2. The number of carboxylic acid groups (broad SMARTS) is 1. The van der Waals surface area contributed by atoms with Gasteiger partial charge in [-0.2, -0.15) is 0 Å². The minimum atomic E-state index is -1.04. The minimum Gasteiger partial charge on any atom is -0.480 e. The van der Waals surface area contributed by atoms with Crippen LogP contribution in [-0.2, 0) is 9.59 Å². The summed E-state index contributed by atoms with van der Waals surface area (Å²) in [5.74, 6) is -1.45. The van der Waals surface area contributed by atoms with Gasteiger partial charge in [0.1, 0.15) is 12.9 Å². The molecule has 1 aromatic heterocycles. The number of aliphatic carboxylic acids is 1. The number of nitrogens with zero attached hydrogens (tertiary/aromatic N) is 4. The van der Waals surface area contributed by atoms with Crippen molar-refractivity contribution >= 4 is 17.8 Å². The van der Waals surface area contributed by atoms with Crippen molar-refractivity contribution in [3.63, 3.8) is 0 Å². The largest absolute Gasteiger partial charge is 0.480 e. The van der Waals surface area contributed by atoms with E-state index in [0.29, 0.717) is 43.6 Å². The van der Waals surface area contributed by atoms with Gasteiger partial charge >= 0.3 is 5.97 Å². The van der Waals surface area contributed by atoms with Crippen molar-refractivity contribution in [2.45, 2.75) is 32.2 Å². The fourth-order valence-electron chi connectivity index (χ4n) is 3.72. The highest BCUT2D eigenvalue weighted by molar-refractivity contribution is 5.99. The van der Waals surface area contributed by atoms with E-state index in [1.807, 2.05) is 30.3 Å². The third-order valence-electron chi connectivity index (χ3n) is 5.13. The Hall–Kier alpha value is -3.29. The maximum atomic E-state index is 13.2. The van der Waals surface area contributed by atoms with E-state index in [-0.39, 0.29) is 24.4 Å². The zero-order chi connectivity index (χ0) is 20.8. The molecule has 2 aromatic rings. The first-order valence-electron chi connectivity index (χ1n) is 9.61. The lowest BCUT2D eigenvalue weighted by Crippen LogP contribution is -2.43. The number of amides is 2. The molecular formula is C21H24N4O4. The molecule has 1 saturated heterocycles. The summed E-state index contributed by atoms with van der Waals surface area (Å²) in [5, 5.41) is 9.09. The average molecular weight is 396 g/mol. The number of carbonyl (C=O) groups is 3. The van der Waals surface area contributed by atoms with Gasteiger partial charge in [0.2, 0.25) is 5.91 Å². The third-order valence-corrected chi connectivity index (χ3v) is 5.13. The molecule has 1 aliphatic heterocycles. The van der Waals surface area contributed by atoms with E-state index in [1.165, 1.54) is 24.3 Å². The molecule has 1 fully saturated rings. The summed E-state index contributed by atoms with van der Waals surface area (Å²) in [6.07, 6.45) is 4.84. The molecule has 2 amide bonds. The number of benzene rings is 1. The number of hydrogen-bond donors (Lipinski definition) is 1. The Morgan fingerprint density at radius 3 is 2.62 bits per heavy atom. The molecule has 1 aromatic carbocycles. The van der Waals surface area contributed by atoms with Gasteiger partial charge in [-0.25, -0.2) is 9.97 Å². The van der Waals surface area contributed by atoms with Gasteiger partial charge in [-0.1, -0.05) is 30.3 Å². The molecule has 29 heavy (non-hydrogen) atoms. The highest BCUT2D eigenvalue weighted by atomic mass is 16.4. The monoisotopic (exact) mass is 396 g/mol. The second-order valence-corrected chi connectivity index (χ2v) is 7.07. The Bertz CT molecular complexity index is 887. The van der Waals surface area contributed by atoms with Crippen LogP contribution in [0.5, 0.6) is 0 Å². The molecule has 0 bridgehead atoms. The Balaban J connectivity index is 1.77. The second kappa shape index (κ2) is 9.27. The first-order chi connectivity index (χ1) is 14.0. The first-order valence-corrected chi connectivity index (χ1v) is 9.61. The third kappa shape index (κ3) is 4.96. The SMILES string of the molecule is CC(=O)N(CC(=O)O)C1CCCN(C(=O)c2cncnc2-c2ccccc2)CC1. The molecule has 1 N–H and O–H groups in total. The fraction of sp³-hybridized carbons (Fsp3) is 0.381. The predicted octanol–water partition coefficient (Wildman–Crippen LogP) is 2.07. The molecule has 0 saturated carbocycles. The van der Waals surface area contributed by atoms with E-state index >= 15 is 0 Å². The van der Waals surface area contributed by atoms with Crippen LogP contribution in [0.25, 0.3) is 11.3 Å². The van der Waals surface area contributed by atoms with E-state index in [9.17, 15) is 14.4 Å². The normalized spacial score (nSPS) is 16.7. The van der Waals surface area contributed by atoms with E-state index in [1.54, 1.807) is 4.90 Å². The standard InChI is InChI=1S/C21H24N4O4/c1-15(26)25(13-19(27)28)17-8-5-10-24(11-9-17)21(29)18-12-22-14-23-20(18)16-6-3-2-4-7-16/h2-4,6-7,12,14,17H,5,8-11,13H2,1H3,(H,27,28). The van der Waals surface area contributed by atoms with E-state index in [0.717, 1.165) is 5.56 Å². The van der Waals surface area contributed by atoms with Crippen molar-refractivity contribution in [2.24, 2.45) is 0 Å². The topological polar surface area (TPSA) is 104 Å². The Morgan fingerprint density at radius 2 is 1.93 bits per heavy atom. The van der Waals surface area contributed by atoms with Crippen molar-refractivity contribution in [2.75, 3.05) is 19.6 Å². The van der Waals surface area contributed by atoms with Crippen LogP contribution in [0, 0.1) is 0 Å². The molecule has 1 aliphatic rings. The Labute approximate surface area is 169 Å². The number of carbonyl (C=O) groups excluding carboxylic acids is 2. The molecule has 0 spiro atoms. The number of likely N-dealkylation sites (tertiary alicyclic amines) is 1. The molecule has 8 nitrogen and oxygen atoms in total. The first kappa shape index (κ1) is 20.4. The molecule has 0 aliphatic carbocycles. The van der Waals surface area contributed by atoms with Gasteiger partial charge in [-0.05, 0) is 19.3 Å². The summed E-state index contributed by atoms with van der Waals surface area (Å²) in [6, 6.07) is 9.28. The summed E-state index contributed by atoms with van der Waals surface area (Å²) in [7, 11) is 0. The summed E-state index contributed by atoms with van der Waals surface area (Å²) in [6.45, 7) is 2.04.